The van der Waals surface area contributed by atoms with E-state index >= 15 is 0 Å². The van der Waals surface area contributed by atoms with Crippen molar-refractivity contribution in [3.63, 3.8) is 0 Å². The molecule has 0 rings (SSSR count). The molecule has 6 N–H and O–H groups in total. The normalized spacial score (nSPS) is 15.0. The monoisotopic (exact) mass is 150 g/mol. The molecule has 0 heterocycles. The third-order valence-corrected chi connectivity index (χ3v) is 0.865. The highest BCUT2D eigenvalue weighted by Crippen LogP contribution is 1.85. The SMILES string of the molecule is CC(O)C(C)O.NCCN. The molecular formula is C6H18N2O2. The molecule has 0 saturated carbocycles. The standard InChI is InChI=1S/C4H10O2.C2H8N2/c1-3(5)4(2)6;3-1-2-4/h3-6H,1-2H3;1-4H2. The first-order valence-corrected chi connectivity index (χ1v) is 3.32. The van der Waals surface area contributed by atoms with Crippen LogP contribution in [0.4, 0.5) is 0 Å². The Bertz CT molecular complexity index is 49.7. The minimum atomic E-state index is -0.593. The maximum Gasteiger partial charge on any atom is 0.0768 e. The summed E-state index contributed by atoms with van der Waals surface area (Å²) in [6.07, 6.45) is -1.19. The molecule has 0 fully saturated rings. The first-order valence-electron chi connectivity index (χ1n) is 3.32. The lowest BCUT2D eigenvalue weighted by molar-refractivity contribution is 0.0438. The molecule has 10 heavy (non-hydrogen) atoms. The highest BCUT2D eigenvalue weighted by molar-refractivity contribution is 4.50. The van der Waals surface area contributed by atoms with Gasteiger partial charge in [0.15, 0.2) is 0 Å². The molecule has 64 valence electrons. The summed E-state index contributed by atoms with van der Waals surface area (Å²) in [6, 6.07) is 0. The lowest BCUT2D eigenvalue weighted by Gasteiger charge is -2.03. The molecule has 0 aromatic rings. The Labute approximate surface area is 61.8 Å². The molecule has 0 saturated heterocycles. The summed E-state index contributed by atoms with van der Waals surface area (Å²) in [7, 11) is 0. The van der Waals surface area contributed by atoms with Crippen molar-refractivity contribution in [1.29, 1.82) is 0 Å². The second kappa shape index (κ2) is 8.84. The zero-order valence-electron chi connectivity index (χ0n) is 6.62. The van der Waals surface area contributed by atoms with Gasteiger partial charge in [-0.3, -0.25) is 0 Å². The lowest BCUT2D eigenvalue weighted by Crippen LogP contribution is -2.17. The van der Waals surface area contributed by atoms with Gasteiger partial charge in [0.2, 0.25) is 0 Å². The number of hydrogen-bond donors (Lipinski definition) is 4. The summed E-state index contributed by atoms with van der Waals surface area (Å²) >= 11 is 0. The molecule has 4 nitrogen and oxygen atoms in total. The van der Waals surface area contributed by atoms with Gasteiger partial charge < -0.3 is 21.7 Å². The van der Waals surface area contributed by atoms with Crippen LogP contribution in [-0.4, -0.2) is 35.5 Å². The quantitative estimate of drug-likeness (QED) is 0.391. The van der Waals surface area contributed by atoms with E-state index in [4.69, 9.17) is 21.7 Å². The number of aliphatic hydroxyl groups excluding tert-OH is 2. The molecule has 0 aliphatic heterocycles. The van der Waals surface area contributed by atoms with E-state index in [0.717, 1.165) is 0 Å². The molecule has 0 aromatic carbocycles. The van der Waals surface area contributed by atoms with E-state index in [9.17, 15) is 0 Å². The Balaban J connectivity index is 0. The van der Waals surface area contributed by atoms with Crippen LogP contribution in [0.3, 0.4) is 0 Å². The van der Waals surface area contributed by atoms with Gasteiger partial charge in [-0.05, 0) is 13.8 Å². The van der Waals surface area contributed by atoms with Crippen molar-refractivity contribution in [2.45, 2.75) is 26.1 Å². The van der Waals surface area contributed by atoms with Crippen LogP contribution < -0.4 is 11.5 Å². The fourth-order valence-electron chi connectivity index (χ4n) is 0. The molecule has 0 aromatic heterocycles. The van der Waals surface area contributed by atoms with Crippen molar-refractivity contribution < 1.29 is 10.2 Å². The number of aliphatic hydroxyl groups is 2. The summed E-state index contributed by atoms with van der Waals surface area (Å²) in [4.78, 5) is 0. The van der Waals surface area contributed by atoms with E-state index in [-0.39, 0.29) is 0 Å². The zero-order valence-corrected chi connectivity index (χ0v) is 6.62. The fourth-order valence-corrected chi connectivity index (χ4v) is 0. The van der Waals surface area contributed by atoms with E-state index in [1.165, 1.54) is 0 Å². The highest BCUT2D eigenvalue weighted by Gasteiger charge is 1.99. The third kappa shape index (κ3) is 15.7. The Morgan fingerprint density at radius 2 is 1.20 bits per heavy atom. The minimum Gasteiger partial charge on any atom is -0.391 e. The van der Waals surface area contributed by atoms with Crippen LogP contribution in [-0.2, 0) is 0 Å². The number of rotatable bonds is 2. The summed E-state index contributed by atoms with van der Waals surface area (Å²) in [5.41, 5.74) is 9.81. The molecule has 2 atom stereocenters. The van der Waals surface area contributed by atoms with Crippen molar-refractivity contribution in [2.75, 3.05) is 13.1 Å². The van der Waals surface area contributed by atoms with Gasteiger partial charge in [0.1, 0.15) is 0 Å². The Hall–Kier alpha value is -0.160. The van der Waals surface area contributed by atoms with Gasteiger partial charge in [-0.2, -0.15) is 0 Å². The number of hydrogen-bond acceptors (Lipinski definition) is 4. The Morgan fingerprint density at radius 3 is 1.20 bits per heavy atom. The van der Waals surface area contributed by atoms with Crippen LogP contribution in [0.5, 0.6) is 0 Å². The van der Waals surface area contributed by atoms with Crippen molar-refractivity contribution in [2.24, 2.45) is 11.5 Å². The van der Waals surface area contributed by atoms with Crippen LogP contribution in [0.2, 0.25) is 0 Å². The predicted octanol–water partition coefficient (Wildman–Crippen LogP) is -1.35. The largest absolute Gasteiger partial charge is 0.391 e. The van der Waals surface area contributed by atoms with Crippen LogP contribution >= 0.6 is 0 Å². The summed E-state index contributed by atoms with van der Waals surface area (Å²) in [6.45, 7) is 4.29. The van der Waals surface area contributed by atoms with Gasteiger partial charge in [-0.15, -0.1) is 0 Å². The first-order chi connectivity index (χ1) is 4.56. The average Bonchev–Trinajstić information content (AvgIpc) is 1.89. The van der Waals surface area contributed by atoms with E-state index in [1.807, 2.05) is 0 Å². The van der Waals surface area contributed by atoms with Crippen LogP contribution in [0.1, 0.15) is 13.8 Å². The molecular weight excluding hydrogens is 132 g/mol. The van der Waals surface area contributed by atoms with Crippen LogP contribution in [0.25, 0.3) is 0 Å². The smallest absolute Gasteiger partial charge is 0.0768 e. The van der Waals surface area contributed by atoms with Crippen LogP contribution in [0, 0.1) is 0 Å². The van der Waals surface area contributed by atoms with Crippen molar-refractivity contribution in [3.8, 4) is 0 Å². The zero-order chi connectivity index (χ0) is 8.57. The van der Waals surface area contributed by atoms with Gasteiger partial charge >= 0.3 is 0 Å². The molecule has 0 bridgehead atoms. The molecule has 0 spiro atoms. The first kappa shape index (κ1) is 12.5. The topological polar surface area (TPSA) is 92.5 Å². The Kier molecular flexibility index (Phi) is 11.1. The van der Waals surface area contributed by atoms with Gasteiger partial charge in [0, 0.05) is 13.1 Å². The Morgan fingerprint density at radius 1 is 1.00 bits per heavy atom. The average molecular weight is 150 g/mol. The van der Waals surface area contributed by atoms with Gasteiger partial charge in [-0.1, -0.05) is 0 Å². The maximum atomic E-state index is 8.38. The minimum absolute atomic E-state index is 0.593. The van der Waals surface area contributed by atoms with Crippen molar-refractivity contribution >= 4 is 0 Å². The fraction of sp³-hybridized carbons (Fsp3) is 1.00. The van der Waals surface area contributed by atoms with Gasteiger partial charge in [0.25, 0.3) is 0 Å². The number of nitrogens with two attached hydrogens (primary N) is 2. The molecule has 0 aliphatic rings. The maximum absolute atomic E-state index is 8.38. The van der Waals surface area contributed by atoms with Crippen molar-refractivity contribution in [1.82, 2.24) is 0 Å². The third-order valence-electron chi connectivity index (χ3n) is 0.865. The lowest BCUT2D eigenvalue weighted by atomic mass is 10.3. The molecule has 4 heteroatoms. The second-order valence-electron chi connectivity index (χ2n) is 2.06. The summed E-state index contributed by atoms with van der Waals surface area (Å²) < 4.78 is 0. The van der Waals surface area contributed by atoms with E-state index in [0.29, 0.717) is 13.1 Å². The molecule has 2 unspecified atom stereocenters. The van der Waals surface area contributed by atoms with E-state index in [1.54, 1.807) is 13.8 Å². The van der Waals surface area contributed by atoms with Gasteiger partial charge in [0.05, 0.1) is 12.2 Å². The predicted molar refractivity (Wildman–Crippen MR) is 41.5 cm³/mol. The summed E-state index contributed by atoms with van der Waals surface area (Å²) in [5, 5.41) is 16.8. The van der Waals surface area contributed by atoms with E-state index in [2.05, 4.69) is 0 Å². The molecule has 0 radical (unpaired) electrons. The second-order valence-corrected chi connectivity index (χ2v) is 2.06. The van der Waals surface area contributed by atoms with Crippen LogP contribution in [0.15, 0.2) is 0 Å². The van der Waals surface area contributed by atoms with Gasteiger partial charge in [-0.25, -0.2) is 0 Å². The summed E-state index contributed by atoms with van der Waals surface area (Å²) in [5.74, 6) is 0. The highest BCUT2D eigenvalue weighted by atomic mass is 16.3. The molecule has 0 aliphatic carbocycles. The van der Waals surface area contributed by atoms with Crippen molar-refractivity contribution in [3.05, 3.63) is 0 Å². The van der Waals surface area contributed by atoms with E-state index < -0.39 is 12.2 Å². The molecule has 0 amide bonds.